The van der Waals surface area contributed by atoms with Crippen LogP contribution in [0.3, 0.4) is 0 Å². The summed E-state index contributed by atoms with van der Waals surface area (Å²) in [7, 11) is 0. The fourth-order valence-corrected chi connectivity index (χ4v) is 3.93. The molecule has 7 heteroatoms. The molecule has 0 aliphatic rings. The van der Waals surface area contributed by atoms with E-state index >= 15 is 4.39 Å². The number of hydrogen-bond donors (Lipinski definition) is 0. The lowest BCUT2D eigenvalue weighted by atomic mass is 10.0. The quantitative estimate of drug-likeness (QED) is 0.149. The van der Waals surface area contributed by atoms with E-state index in [4.69, 9.17) is 0 Å². The van der Waals surface area contributed by atoms with E-state index in [1.54, 1.807) is 24.3 Å². The molecule has 4 aromatic carbocycles. The Kier molecular flexibility index (Phi) is 5.89. The van der Waals surface area contributed by atoms with Crippen molar-refractivity contribution in [3.8, 4) is 16.9 Å². The lowest BCUT2D eigenvalue weighted by Gasteiger charge is -2.12. The van der Waals surface area contributed by atoms with Crippen molar-refractivity contribution in [2.75, 3.05) is 0 Å². The molecule has 0 amide bonds. The molecule has 0 aliphatic heterocycles. The Morgan fingerprint density at radius 3 is 2.29 bits per heavy atom. The Labute approximate surface area is 199 Å². The molecule has 0 radical (unpaired) electrons. The summed E-state index contributed by atoms with van der Waals surface area (Å²) < 4.78 is 30.4. The van der Waals surface area contributed by atoms with Gasteiger partial charge in [-0.15, -0.1) is 0 Å². The third-order valence-corrected chi connectivity index (χ3v) is 5.60. The summed E-state index contributed by atoms with van der Waals surface area (Å²) in [5.41, 5.74) is 1.64. The summed E-state index contributed by atoms with van der Waals surface area (Å²) in [6.45, 7) is 0.143. The van der Waals surface area contributed by atoms with E-state index < -0.39 is 17.2 Å². The summed E-state index contributed by atoms with van der Waals surface area (Å²) in [5, 5.41) is 17.8. The van der Waals surface area contributed by atoms with Crippen molar-refractivity contribution in [3.63, 3.8) is 0 Å². The predicted octanol–water partition coefficient (Wildman–Crippen LogP) is 5.46. The molecular weight excluding hydrogens is 448 g/mol. The number of benzene rings is 4. The molecule has 0 bridgehead atoms. The standard InChI is InChI=1S/C28H19F2N3O2/c29-21-11-13-22(14-12-21)33-28(34)24-9-5-4-8-23(24)27(31-33)25-16-20(10-15-26(25)30)18-32(35)17-19-6-2-1-3-7-19/h1-16,18H,17H2. The van der Waals surface area contributed by atoms with Crippen molar-refractivity contribution in [3.05, 3.63) is 135 Å². The normalized spacial score (nSPS) is 11.7. The number of nitrogens with zero attached hydrogens (tertiary/aromatic N) is 3. The second-order valence-corrected chi connectivity index (χ2v) is 8.02. The highest BCUT2D eigenvalue weighted by atomic mass is 19.1. The molecule has 1 aromatic heterocycles. The third-order valence-electron chi connectivity index (χ3n) is 5.60. The maximum atomic E-state index is 15.1. The molecule has 0 aliphatic carbocycles. The molecule has 1 heterocycles. The second kappa shape index (κ2) is 9.30. The Bertz CT molecular complexity index is 1610. The van der Waals surface area contributed by atoms with Crippen LogP contribution in [0.5, 0.6) is 0 Å². The third kappa shape index (κ3) is 4.56. The lowest BCUT2D eigenvalue weighted by Crippen LogP contribution is -2.22. The van der Waals surface area contributed by atoms with Crippen LogP contribution < -0.4 is 5.56 Å². The minimum atomic E-state index is -0.551. The second-order valence-electron chi connectivity index (χ2n) is 8.02. The van der Waals surface area contributed by atoms with Gasteiger partial charge in [0.25, 0.3) is 5.56 Å². The Morgan fingerprint density at radius 1 is 0.857 bits per heavy atom. The van der Waals surface area contributed by atoms with Gasteiger partial charge in [0, 0.05) is 22.1 Å². The van der Waals surface area contributed by atoms with E-state index in [9.17, 15) is 14.4 Å². The van der Waals surface area contributed by atoms with Crippen molar-refractivity contribution in [2.24, 2.45) is 0 Å². The van der Waals surface area contributed by atoms with E-state index in [1.165, 1.54) is 48.7 Å². The average Bonchev–Trinajstić information content (AvgIpc) is 2.87. The molecule has 0 atom stereocenters. The fraction of sp³-hybridized carbons (Fsp3) is 0.0357. The van der Waals surface area contributed by atoms with Gasteiger partial charge in [0.05, 0.1) is 11.1 Å². The molecule has 35 heavy (non-hydrogen) atoms. The van der Waals surface area contributed by atoms with Gasteiger partial charge in [-0.1, -0.05) is 48.5 Å². The van der Waals surface area contributed by atoms with Crippen molar-refractivity contribution in [1.82, 2.24) is 9.78 Å². The van der Waals surface area contributed by atoms with Crippen LogP contribution in [0, 0.1) is 16.8 Å². The first-order chi connectivity index (χ1) is 17.0. The number of fused-ring (bicyclic) bond motifs is 1. The van der Waals surface area contributed by atoms with E-state index in [2.05, 4.69) is 5.10 Å². The Morgan fingerprint density at radius 2 is 1.54 bits per heavy atom. The minimum absolute atomic E-state index is 0.138. The Balaban J connectivity index is 1.65. The van der Waals surface area contributed by atoms with Crippen molar-refractivity contribution in [2.45, 2.75) is 6.54 Å². The highest BCUT2D eigenvalue weighted by molar-refractivity contribution is 5.95. The van der Waals surface area contributed by atoms with Crippen molar-refractivity contribution in [1.29, 1.82) is 0 Å². The number of hydrogen-bond acceptors (Lipinski definition) is 3. The highest BCUT2D eigenvalue weighted by Crippen LogP contribution is 2.28. The molecule has 0 fully saturated rings. The molecule has 0 unspecified atom stereocenters. The van der Waals surface area contributed by atoms with E-state index in [0.29, 0.717) is 22.0 Å². The number of aromatic nitrogens is 2. The number of hydroxylamine groups is 1. The van der Waals surface area contributed by atoms with Gasteiger partial charge in [0.2, 0.25) is 0 Å². The first-order valence-electron chi connectivity index (χ1n) is 10.9. The molecule has 0 spiro atoms. The zero-order chi connectivity index (χ0) is 24.4. The van der Waals surface area contributed by atoms with Crippen molar-refractivity contribution >= 4 is 17.0 Å². The first kappa shape index (κ1) is 22.2. The molecule has 5 aromatic rings. The molecule has 5 nitrogen and oxygen atoms in total. The van der Waals surface area contributed by atoms with Gasteiger partial charge in [0.1, 0.15) is 17.3 Å². The van der Waals surface area contributed by atoms with Crippen LogP contribution in [-0.4, -0.2) is 20.7 Å². The van der Waals surface area contributed by atoms with Crippen LogP contribution in [0.25, 0.3) is 27.7 Å². The average molecular weight is 467 g/mol. The fourth-order valence-electron chi connectivity index (χ4n) is 3.93. The van der Waals surface area contributed by atoms with Crippen LogP contribution in [0.15, 0.2) is 102 Å². The molecule has 0 saturated heterocycles. The van der Waals surface area contributed by atoms with Gasteiger partial charge >= 0.3 is 0 Å². The summed E-state index contributed by atoms with van der Waals surface area (Å²) >= 11 is 0. The number of rotatable bonds is 5. The molecule has 5 rings (SSSR count). The molecule has 0 saturated carbocycles. The topological polar surface area (TPSA) is 61.0 Å². The van der Waals surface area contributed by atoms with Gasteiger partial charge in [-0.05, 0) is 48.5 Å². The van der Waals surface area contributed by atoms with Crippen LogP contribution in [-0.2, 0) is 6.54 Å². The zero-order valence-electron chi connectivity index (χ0n) is 18.4. The van der Waals surface area contributed by atoms with Gasteiger partial charge in [-0.2, -0.15) is 9.78 Å². The lowest BCUT2D eigenvalue weighted by molar-refractivity contribution is -0.469. The SMILES string of the molecule is O=c1c2ccccc2c(-c2cc(C=[N+]([O-])Cc3ccccc3)ccc2F)nn1-c1ccc(F)cc1. The smallest absolute Gasteiger partial charge is 0.279 e. The molecule has 0 N–H and O–H groups in total. The van der Waals surface area contributed by atoms with Crippen LogP contribution >= 0.6 is 0 Å². The summed E-state index contributed by atoms with van der Waals surface area (Å²) in [5.74, 6) is -1.00. The summed E-state index contributed by atoms with van der Waals surface area (Å²) in [4.78, 5) is 13.1. The van der Waals surface area contributed by atoms with Gasteiger partial charge in [0.15, 0.2) is 12.8 Å². The maximum Gasteiger partial charge on any atom is 0.279 e. The summed E-state index contributed by atoms with van der Waals surface area (Å²) in [6.07, 6.45) is 1.38. The maximum absolute atomic E-state index is 15.1. The summed E-state index contributed by atoms with van der Waals surface area (Å²) in [6, 6.07) is 25.7. The van der Waals surface area contributed by atoms with Gasteiger partial charge < -0.3 is 5.21 Å². The predicted molar refractivity (Wildman–Crippen MR) is 132 cm³/mol. The highest BCUT2D eigenvalue weighted by Gasteiger charge is 2.17. The minimum Gasteiger partial charge on any atom is -0.624 e. The monoisotopic (exact) mass is 467 g/mol. The van der Waals surface area contributed by atoms with Crippen LogP contribution in [0.4, 0.5) is 8.78 Å². The Hall–Kier alpha value is -4.65. The molecule has 172 valence electrons. The van der Waals surface area contributed by atoms with E-state index in [0.717, 1.165) is 15.0 Å². The zero-order valence-corrected chi connectivity index (χ0v) is 18.4. The van der Waals surface area contributed by atoms with Gasteiger partial charge in [-0.25, -0.2) is 13.5 Å². The largest absolute Gasteiger partial charge is 0.624 e. The number of halogens is 2. The first-order valence-corrected chi connectivity index (χ1v) is 10.9. The van der Waals surface area contributed by atoms with E-state index in [-0.39, 0.29) is 17.8 Å². The van der Waals surface area contributed by atoms with E-state index in [1.807, 2.05) is 30.3 Å². The van der Waals surface area contributed by atoms with Gasteiger partial charge in [-0.3, -0.25) is 4.79 Å². The van der Waals surface area contributed by atoms with Crippen LogP contribution in [0.1, 0.15) is 11.1 Å². The molecular formula is C28H19F2N3O2. The van der Waals surface area contributed by atoms with Crippen molar-refractivity contribution < 1.29 is 13.5 Å². The van der Waals surface area contributed by atoms with Crippen LogP contribution in [0.2, 0.25) is 0 Å².